The van der Waals surface area contributed by atoms with Crippen LogP contribution in [0.2, 0.25) is 0 Å². The lowest BCUT2D eigenvalue weighted by atomic mass is 10.3. The van der Waals surface area contributed by atoms with Crippen LogP contribution in [0.5, 0.6) is 0 Å². The van der Waals surface area contributed by atoms with Gasteiger partial charge in [0.25, 0.3) is 0 Å². The molecule has 0 fully saturated rings. The van der Waals surface area contributed by atoms with Crippen LogP contribution < -0.4 is 5.32 Å². The number of para-hydroxylation sites is 1. The van der Waals surface area contributed by atoms with Gasteiger partial charge in [0.1, 0.15) is 0 Å². The Kier molecular flexibility index (Phi) is 4.40. The smallest absolute Gasteiger partial charge is 0.248 e. The molecule has 0 saturated heterocycles. The van der Waals surface area contributed by atoms with Gasteiger partial charge in [-0.3, -0.25) is 4.79 Å². The van der Waals surface area contributed by atoms with Gasteiger partial charge in [-0.25, -0.2) is 0 Å². The summed E-state index contributed by atoms with van der Waals surface area (Å²) in [6, 6.07) is 9.37. The first kappa shape index (κ1) is 11.0. The number of carbonyl (C=O) groups is 1. The number of benzene rings is 1. The molecule has 3 heteroatoms. The Morgan fingerprint density at radius 1 is 1.43 bits per heavy atom. The summed E-state index contributed by atoms with van der Waals surface area (Å²) in [5, 5.41) is 2.75. The van der Waals surface area contributed by atoms with Crippen molar-refractivity contribution >= 4 is 27.5 Å². The first-order chi connectivity index (χ1) is 6.68. The van der Waals surface area contributed by atoms with Gasteiger partial charge in [0.2, 0.25) is 5.91 Å². The minimum absolute atomic E-state index is 0.109. The van der Waals surface area contributed by atoms with Crippen LogP contribution in [0.25, 0.3) is 0 Å². The van der Waals surface area contributed by atoms with Gasteiger partial charge >= 0.3 is 0 Å². The zero-order chi connectivity index (χ0) is 10.4. The Bertz CT molecular complexity index is 319. The minimum Gasteiger partial charge on any atom is -0.323 e. The molecule has 0 aromatic heterocycles. The van der Waals surface area contributed by atoms with E-state index < -0.39 is 0 Å². The van der Waals surface area contributed by atoms with Crippen molar-refractivity contribution in [2.75, 3.05) is 5.32 Å². The highest BCUT2D eigenvalue weighted by Crippen LogP contribution is 2.05. The maximum absolute atomic E-state index is 11.3. The standard InChI is InChI=1S/C11H12BrNO/c1-9(12)7-8-11(14)13-10-5-3-2-4-6-10/h2-9H,1H3,(H,13,14). The van der Waals surface area contributed by atoms with Crippen molar-refractivity contribution in [2.45, 2.75) is 11.8 Å². The predicted molar refractivity (Wildman–Crippen MR) is 62.6 cm³/mol. The average Bonchev–Trinajstić information content (AvgIpc) is 2.16. The zero-order valence-corrected chi connectivity index (χ0v) is 9.49. The number of hydrogen-bond donors (Lipinski definition) is 1. The summed E-state index contributed by atoms with van der Waals surface area (Å²) in [6.07, 6.45) is 3.31. The third-order valence-electron chi connectivity index (χ3n) is 1.55. The van der Waals surface area contributed by atoms with E-state index in [0.717, 1.165) is 5.69 Å². The lowest BCUT2D eigenvalue weighted by Gasteiger charge is -2.00. The topological polar surface area (TPSA) is 29.1 Å². The summed E-state index contributed by atoms with van der Waals surface area (Å²) in [5.74, 6) is -0.109. The van der Waals surface area contributed by atoms with E-state index in [2.05, 4.69) is 21.2 Å². The van der Waals surface area contributed by atoms with Crippen molar-refractivity contribution < 1.29 is 4.79 Å². The van der Waals surface area contributed by atoms with E-state index >= 15 is 0 Å². The minimum atomic E-state index is -0.109. The molecule has 0 saturated carbocycles. The van der Waals surface area contributed by atoms with Gasteiger partial charge in [0, 0.05) is 16.6 Å². The molecule has 14 heavy (non-hydrogen) atoms. The zero-order valence-electron chi connectivity index (χ0n) is 7.91. The molecule has 1 aromatic carbocycles. The number of halogens is 1. The molecule has 1 aromatic rings. The summed E-state index contributed by atoms with van der Waals surface area (Å²) in [7, 11) is 0. The van der Waals surface area contributed by atoms with Crippen molar-refractivity contribution in [1.29, 1.82) is 0 Å². The molecule has 1 rings (SSSR count). The van der Waals surface area contributed by atoms with Crippen LogP contribution >= 0.6 is 15.9 Å². The van der Waals surface area contributed by atoms with Crippen LogP contribution in [-0.4, -0.2) is 10.7 Å². The highest BCUT2D eigenvalue weighted by atomic mass is 79.9. The first-order valence-corrected chi connectivity index (χ1v) is 5.28. The van der Waals surface area contributed by atoms with Crippen LogP contribution in [0.1, 0.15) is 6.92 Å². The van der Waals surface area contributed by atoms with Crippen LogP contribution in [0.3, 0.4) is 0 Å². The number of amides is 1. The molecule has 0 aliphatic rings. The summed E-state index contributed by atoms with van der Waals surface area (Å²) in [4.78, 5) is 11.5. The quantitative estimate of drug-likeness (QED) is 0.652. The third-order valence-corrected chi connectivity index (χ3v) is 1.86. The van der Waals surface area contributed by atoms with Gasteiger partial charge in [0.05, 0.1) is 0 Å². The third kappa shape index (κ3) is 4.23. The average molecular weight is 254 g/mol. The van der Waals surface area contributed by atoms with Crippen molar-refractivity contribution in [2.24, 2.45) is 0 Å². The number of allylic oxidation sites excluding steroid dienone is 1. The summed E-state index contributed by atoms with van der Waals surface area (Å²) < 4.78 is 0. The van der Waals surface area contributed by atoms with Crippen LogP contribution in [0.15, 0.2) is 42.5 Å². The van der Waals surface area contributed by atoms with Gasteiger partial charge in [-0.1, -0.05) is 40.2 Å². The van der Waals surface area contributed by atoms with Gasteiger partial charge < -0.3 is 5.32 Å². The van der Waals surface area contributed by atoms with E-state index in [9.17, 15) is 4.79 Å². The van der Waals surface area contributed by atoms with E-state index in [1.807, 2.05) is 37.3 Å². The second kappa shape index (κ2) is 5.60. The Hall–Kier alpha value is -1.09. The Morgan fingerprint density at radius 3 is 2.64 bits per heavy atom. The lowest BCUT2D eigenvalue weighted by molar-refractivity contribution is -0.111. The molecule has 1 atom stereocenters. The fourth-order valence-corrected chi connectivity index (χ4v) is 1.08. The van der Waals surface area contributed by atoms with Crippen LogP contribution in [-0.2, 0) is 4.79 Å². The second-order valence-corrected chi connectivity index (χ2v) is 4.34. The Labute approximate surface area is 92.1 Å². The van der Waals surface area contributed by atoms with Crippen molar-refractivity contribution in [1.82, 2.24) is 0 Å². The molecule has 74 valence electrons. The van der Waals surface area contributed by atoms with E-state index in [0.29, 0.717) is 0 Å². The van der Waals surface area contributed by atoms with Crippen LogP contribution in [0.4, 0.5) is 5.69 Å². The maximum atomic E-state index is 11.3. The van der Waals surface area contributed by atoms with E-state index in [1.54, 1.807) is 6.08 Å². The van der Waals surface area contributed by atoms with E-state index in [4.69, 9.17) is 0 Å². The maximum Gasteiger partial charge on any atom is 0.248 e. The molecule has 0 aliphatic heterocycles. The molecule has 0 bridgehead atoms. The molecule has 0 aliphatic carbocycles. The number of anilines is 1. The van der Waals surface area contributed by atoms with Gasteiger partial charge in [-0.15, -0.1) is 0 Å². The monoisotopic (exact) mass is 253 g/mol. The number of carbonyl (C=O) groups excluding carboxylic acids is 1. The second-order valence-electron chi connectivity index (χ2n) is 2.89. The molecular formula is C11H12BrNO. The summed E-state index contributed by atoms with van der Waals surface area (Å²) >= 11 is 3.32. The van der Waals surface area contributed by atoms with Gasteiger partial charge in [-0.2, -0.15) is 0 Å². The normalized spacial score (nSPS) is 12.7. The molecule has 1 amide bonds. The summed E-state index contributed by atoms with van der Waals surface area (Å²) in [6.45, 7) is 1.95. The summed E-state index contributed by atoms with van der Waals surface area (Å²) in [5.41, 5.74) is 0.810. The Morgan fingerprint density at radius 2 is 2.07 bits per heavy atom. The fraction of sp³-hybridized carbons (Fsp3) is 0.182. The molecular weight excluding hydrogens is 242 g/mol. The fourth-order valence-electron chi connectivity index (χ4n) is 0.925. The number of alkyl halides is 1. The number of rotatable bonds is 3. The lowest BCUT2D eigenvalue weighted by Crippen LogP contribution is -2.07. The van der Waals surface area contributed by atoms with Crippen molar-refractivity contribution in [3.8, 4) is 0 Å². The van der Waals surface area contributed by atoms with Gasteiger partial charge in [0.15, 0.2) is 0 Å². The first-order valence-electron chi connectivity index (χ1n) is 4.37. The highest BCUT2D eigenvalue weighted by Gasteiger charge is 1.96. The molecule has 0 spiro atoms. The molecule has 1 N–H and O–H groups in total. The SMILES string of the molecule is CC(Br)C=CC(=O)Nc1ccccc1. The molecule has 2 nitrogen and oxygen atoms in total. The molecule has 0 radical (unpaired) electrons. The number of hydrogen-bond acceptors (Lipinski definition) is 1. The number of nitrogens with one attached hydrogen (secondary N) is 1. The predicted octanol–water partition coefficient (Wildman–Crippen LogP) is 2.96. The van der Waals surface area contributed by atoms with E-state index in [1.165, 1.54) is 6.08 Å². The molecule has 1 unspecified atom stereocenters. The largest absolute Gasteiger partial charge is 0.323 e. The molecule has 0 heterocycles. The van der Waals surface area contributed by atoms with Crippen molar-refractivity contribution in [3.63, 3.8) is 0 Å². The van der Waals surface area contributed by atoms with Crippen molar-refractivity contribution in [3.05, 3.63) is 42.5 Å². The van der Waals surface area contributed by atoms with Gasteiger partial charge in [-0.05, 0) is 19.1 Å². The van der Waals surface area contributed by atoms with Crippen LogP contribution in [0, 0.1) is 0 Å². The Balaban J connectivity index is 2.50. The highest BCUT2D eigenvalue weighted by molar-refractivity contribution is 9.09. The van der Waals surface area contributed by atoms with E-state index in [-0.39, 0.29) is 10.7 Å².